The molecule has 1 aliphatic rings. The average Bonchev–Trinajstić information content (AvgIpc) is 2.98. The number of rotatable bonds is 4. The first-order valence-electron chi connectivity index (χ1n) is 8.86. The summed E-state index contributed by atoms with van der Waals surface area (Å²) in [7, 11) is 0. The van der Waals surface area contributed by atoms with Crippen LogP contribution in [-0.2, 0) is 6.42 Å². The number of aromatic nitrogens is 1. The lowest BCUT2D eigenvalue weighted by atomic mass is 10.00. The van der Waals surface area contributed by atoms with Gasteiger partial charge in [-0.1, -0.05) is 25.1 Å². The highest BCUT2D eigenvalue weighted by atomic mass is 15.3. The number of likely N-dealkylation sites (tertiary alicyclic amines) is 1. The molecule has 124 valence electrons. The van der Waals surface area contributed by atoms with Gasteiger partial charge in [0.2, 0.25) is 0 Å². The van der Waals surface area contributed by atoms with Crippen LogP contribution in [0.15, 0.2) is 35.5 Å². The Balaban J connectivity index is 1.64. The molecule has 4 nitrogen and oxygen atoms in total. The predicted molar refractivity (Wildman–Crippen MR) is 98.0 cm³/mol. The molecule has 1 fully saturated rings. The fourth-order valence-electron chi connectivity index (χ4n) is 3.27. The van der Waals surface area contributed by atoms with Crippen molar-refractivity contribution in [1.29, 1.82) is 0 Å². The first-order valence-corrected chi connectivity index (χ1v) is 8.86. The first-order chi connectivity index (χ1) is 11.3. The van der Waals surface area contributed by atoms with E-state index in [0.29, 0.717) is 0 Å². The normalized spacial score (nSPS) is 17.0. The zero-order valence-corrected chi connectivity index (χ0v) is 14.3. The second kappa shape index (κ2) is 7.53. The minimum absolute atomic E-state index is 0.830. The van der Waals surface area contributed by atoms with Gasteiger partial charge in [-0.25, -0.2) is 0 Å². The Kier molecular flexibility index (Phi) is 5.21. The summed E-state index contributed by atoms with van der Waals surface area (Å²) in [5.74, 6) is 1.93. The lowest BCUT2D eigenvalue weighted by molar-refractivity contribution is 0.273. The quantitative estimate of drug-likeness (QED) is 0.671. The number of hydrogen-bond acceptors (Lipinski definition) is 1. The SMILES string of the molecule is CCNC(=NCCc1c[nH]c2ccccc12)N1CCC(C)CC1. The molecule has 0 unspecified atom stereocenters. The molecule has 4 heteroatoms. The Morgan fingerprint density at radius 1 is 1.30 bits per heavy atom. The minimum Gasteiger partial charge on any atom is -0.361 e. The summed E-state index contributed by atoms with van der Waals surface area (Å²) in [5.41, 5.74) is 2.57. The van der Waals surface area contributed by atoms with E-state index in [9.17, 15) is 0 Å². The van der Waals surface area contributed by atoms with Crippen molar-refractivity contribution in [3.05, 3.63) is 36.0 Å². The largest absolute Gasteiger partial charge is 0.361 e. The maximum atomic E-state index is 4.86. The number of nitrogens with zero attached hydrogens (tertiary/aromatic N) is 2. The number of fused-ring (bicyclic) bond motifs is 1. The molecule has 1 saturated heterocycles. The number of piperidine rings is 1. The number of para-hydroxylation sites is 1. The molecule has 2 heterocycles. The molecule has 0 atom stereocenters. The third-order valence-electron chi connectivity index (χ3n) is 4.74. The highest BCUT2D eigenvalue weighted by molar-refractivity contribution is 5.83. The van der Waals surface area contributed by atoms with Gasteiger partial charge in [0.05, 0.1) is 0 Å². The predicted octanol–water partition coefficient (Wildman–Crippen LogP) is 3.41. The Bertz CT molecular complexity index is 650. The van der Waals surface area contributed by atoms with Crippen molar-refractivity contribution in [2.45, 2.75) is 33.1 Å². The molecule has 0 amide bonds. The van der Waals surface area contributed by atoms with E-state index in [1.807, 2.05) is 0 Å². The van der Waals surface area contributed by atoms with Gasteiger partial charge in [0.25, 0.3) is 0 Å². The van der Waals surface area contributed by atoms with Gasteiger partial charge in [-0.3, -0.25) is 4.99 Å². The van der Waals surface area contributed by atoms with Crippen LogP contribution in [0.3, 0.4) is 0 Å². The molecule has 0 bridgehead atoms. The summed E-state index contributed by atoms with van der Waals surface area (Å²) >= 11 is 0. The van der Waals surface area contributed by atoms with Crippen LogP contribution in [0.4, 0.5) is 0 Å². The number of guanidine groups is 1. The lowest BCUT2D eigenvalue weighted by Gasteiger charge is -2.33. The first kappa shape index (κ1) is 15.9. The summed E-state index contributed by atoms with van der Waals surface area (Å²) in [6.45, 7) is 8.49. The fourth-order valence-corrected chi connectivity index (χ4v) is 3.27. The van der Waals surface area contributed by atoms with Crippen molar-refractivity contribution < 1.29 is 0 Å². The summed E-state index contributed by atoms with van der Waals surface area (Å²) in [4.78, 5) is 10.6. The summed E-state index contributed by atoms with van der Waals surface area (Å²) in [5, 5.41) is 4.77. The Morgan fingerprint density at radius 3 is 2.87 bits per heavy atom. The van der Waals surface area contributed by atoms with Crippen LogP contribution in [0.2, 0.25) is 0 Å². The smallest absolute Gasteiger partial charge is 0.193 e. The van der Waals surface area contributed by atoms with Crippen LogP contribution >= 0.6 is 0 Å². The highest BCUT2D eigenvalue weighted by Crippen LogP contribution is 2.18. The van der Waals surface area contributed by atoms with Crippen molar-refractivity contribution in [2.24, 2.45) is 10.9 Å². The average molecular weight is 312 g/mol. The van der Waals surface area contributed by atoms with E-state index in [0.717, 1.165) is 44.5 Å². The highest BCUT2D eigenvalue weighted by Gasteiger charge is 2.18. The third kappa shape index (κ3) is 3.87. The number of aromatic amines is 1. The molecule has 1 aliphatic heterocycles. The van der Waals surface area contributed by atoms with Crippen molar-refractivity contribution >= 4 is 16.9 Å². The maximum absolute atomic E-state index is 4.86. The standard InChI is InChI=1S/C19H28N4/c1-3-20-19(23-12-9-15(2)10-13-23)21-11-8-16-14-22-18-7-5-4-6-17(16)18/h4-7,14-15,22H,3,8-13H2,1-2H3,(H,20,21). The molecular weight excluding hydrogens is 284 g/mol. The zero-order valence-electron chi connectivity index (χ0n) is 14.3. The maximum Gasteiger partial charge on any atom is 0.193 e. The summed E-state index contributed by atoms with van der Waals surface area (Å²) < 4.78 is 0. The van der Waals surface area contributed by atoms with Crippen LogP contribution in [0, 0.1) is 5.92 Å². The second-order valence-corrected chi connectivity index (χ2v) is 6.51. The number of benzene rings is 1. The molecule has 0 aliphatic carbocycles. The van der Waals surface area contributed by atoms with Crippen molar-refractivity contribution in [2.75, 3.05) is 26.2 Å². The van der Waals surface area contributed by atoms with Gasteiger partial charge in [-0.05, 0) is 43.7 Å². The van der Waals surface area contributed by atoms with Crippen LogP contribution in [-0.4, -0.2) is 42.0 Å². The van der Waals surface area contributed by atoms with Gasteiger partial charge >= 0.3 is 0 Å². The lowest BCUT2D eigenvalue weighted by Crippen LogP contribution is -2.45. The van der Waals surface area contributed by atoms with Crippen LogP contribution in [0.25, 0.3) is 10.9 Å². The number of nitrogens with one attached hydrogen (secondary N) is 2. The molecule has 0 radical (unpaired) electrons. The van der Waals surface area contributed by atoms with Gasteiger partial charge in [0.1, 0.15) is 0 Å². The monoisotopic (exact) mass is 312 g/mol. The Hall–Kier alpha value is -1.97. The van der Waals surface area contributed by atoms with Gasteiger partial charge in [-0.2, -0.15) is 0 Å². The molecule has 1 aromatic heterocycles. The molecule has 1 aromatic carbocycles. The van der Waals surface area contributed by atoms with Crippen LogP contribution < -0.4 is 5.32 Å². The Labute approximate surface area is 139 Å². The molecular formula is C19H28N4. The van der Waals surface area contributed by atoms with Gasteiger partial charge in [-0.15, -0.1) is 0 Å². The van der Waals surface area contributed by atoms with Gasteiger partial charge in [0, 0.05) is 43.3 Å². The molecule has 0 saturated carbocycles. The van der Waals surface area contributed by atoms with Crippen LogP contribution in [0.5, 0.6) is 0 Å². The van der Waals surface area contributed by atoms with Gasteiger partial charge < -0.3 is 15.2 Å². The molecule has 0 spiro atoms. The van der Waals surface area contributed by atoms with Crippen molar-refractivity contribution in [1.82, 2.24) is 15.2 Å². The Morgan fingerprint density at radius 2 is 2.09 bits per heavy atom. The third-order valence-corrected chi connectivity index (χ3v) is 4.74. The van der Waals surface area contributed by atoms with E-state index in [2.05, 4.69) is 59.5 Å². The van der Waals surface area contributed by atoms with Crippen molar-refractivity contribution in [3.63, 3.8) is 0 Å². The van der Waals surface area contributed by atoms with Crippen LogP contribution in [0.1, 0.15) is 32.3 Å². The van der Waals surface area contributed by atoms with E-state index >= 15 is 0 Å². The topological polar surface area (TPSA) is 43.4 Å². The molecule has 23 heavy (non-hydrogen) atoms. The number of hydrogen-bond donors (Lipinski definition) is 2. The number of H-pyrrole nitrogens is 1. The molecule has 2 N–H and O–H groups in total. The van der Waals surface area contributed by atoms with E-state index in [-0.39, 0.29) is 0 Å². The van der Waals surface area contributed by atoms with E-state index in [1.165, 1.54) is 29.3 Å². The van der Waals surface area contributed by atoms with Crippen molar-refractivity contribution in [3.8, 4) is 0 Å². The fraction of sp³-hybridized carbons (Fsp3) is 0.526. The van der Waals surface area contributed by atoms with E-state index in [1.54, 1.807) is 0 Å². The zero-order chi connectivity index (χ0) is 16.1. The molecule has 3 rings (SSSR count). The van der Waals surface area contributed by atoms with E-state index in [4.69, 9.17) is 4.99 Å². The second-order valence-electron chi connectivity index (χ2n) is 6.51. The van der Waals surface area contributed by atoms with E-state index < -0.39 is 0 Å². The summed E-state index contributed by atoms with van der Waals surface area (Å²) in [6.07, 6.45) is 5.64. The number of aliphatic imine (C=N–C) groups is 1. The minimum atomic E-state index is 0.830. The molecule has 2 aromatic rings. The van der Waals surface area contributed by atoms with Gasteiger partial charge in [0.15, 0.2) is 5.96 Å². The summed E-state index contributed by atoms with van der Waals surface area (Å²) in [6, 6.07) is 8.48.